The molecule has 0 N–H and O–H groups in total. The third-order valence-electron chi connectivity index (χ3n) is 1.57. The van der Waals surface area contributed by atoms with Gasteiger partial charge in [-0.1, -0.05) is 18.9 Å². The van der Waals surface area contributed by atoms with Crippen LogP contribution < -0.4 is 0 Å². The SMILES string of the molecule is CC(C)Cn1nnnc1S(=O)(=O)CC#N. The summed E-state index contributed by atoms with van der Waals surface area (Å²) in [5.74, 6) is -0.379. The van der Waals surface area contributed by atoms with E-state index < -0.39 is 15.6 Å². The summed E-state index contributed by atoms with van der Waals surface area (Å²) in [7, 11) is -3.68. The number of nitrogens with zero attached hydrogens (tertiary/aromatic N) is 5. The predicted octanol–water partition coefficient (Wildman–Crippen LogP) is -0.374. The number of nitriles is 1. The molecule has 0 saturated carbocycles. The number of hydrogen-bond acceptors (Lipinski definition) is 6. The van der Waals surface area contributed by atoms with Crippen LogP contribution in [0.25, 0.3) is 0 Å². The molecule has 0 aliphatic heterocycles. The van der Waals surface area contributed by atoms with Gasteiger partial charge >= 0.3 is 0 Å². The summed E-state index contributed by atoms with van der Waals surface area (Å²) in [6, 6.07) is 1.58. The molecule has 1 aromatic rings. The topological polar surface area (TPSA) is 102 Å². The fraction of sp³-hybridized carbons (Fsp3) is 0.714. The van der Waals surface area contributed by atoms with E-state index in [2.05, 4.69) is 15.5 Å². The highest BCUT2D eigenvalue weighted by Crippen LogP contribution is 2.07. The minimum absolute atomic E-state index is 0.226. The smallest absolute Gasteiger partial charge is 0.219 e. The van der Waals surface area contributed by atoms with E-state index in [1.807, 2.05) is 13.8 Å². The molecule has 0 aromatic carbocycles. The Balaban J connectivity index is 3.06. The molecule has 0 atom stereocenters. The Bertz CT molecular complexity index is 470. The van der Waals surface area contributed by atoms with Gasteiger partial charge in [-0.3, -0.25) is 0 Å². The molecule has 0 amide bonds. The van der Waals surface area contributed by atoms with Gasteiger partial charge in [0.1, 0.15) is 5.75 Å². The minimum atomic E-state index is -3.68. The van der Waals surface area contributed by atoms with E-state index in [0.29, 0.717) is 6.54 Å². The van der Waals surface area contributed by atoms with Crippen molar-refractivity contribution in [3.63, 3.8) is 0 Å². The van der Waals surface area contributed by atoms with Crippen LogP contribution in [0.4, 0.5) is 0 Å². The van der Waals surface area contributed by atoms with E-state index in [9.17, 15) is 8.42 Å². The van der Waals surface area contributed by atoms with Crippen LogP contribution in [0.5, 0.6) is 0 Å². The molecular weight excluding hydrogens is 218 g/mol. The average molecular weight is 229 g/mol. The Morgan fingerprint density at radius 1 is 1.53 bits per heavy atom. The van der Waals surface area contributed by atoms with Gasteiger partial charge in [0, 0.05) is 6.54 Å². The van der Waals surface area contributed by atoms with Crippen LogP contribution in [-0.2, 0) is 16.4 Å². The second-order valence-corrected chi connectivity index (χ2v) is 5.34. The molecule has 0 saturated heterocycles. The molecule has 1 heterocycles. The fourth-order valence-corrected chi connectivity index (χ4v) is 1.92. The average Bonchev–Trinajstić information content (AvgIpc) is 2.51. The molecule has 0 unspecified atom stereocenters. The first kappa shape index (κ1) is 11.6. The van der Waals surface area contributed by atoms with Crippen molar-refractivity contribution in [3.05, 3.63) is 0 Å². The van der Waals surface area contributed by atoms with E-state index >= 15 is 0 Å². The lowest BCUT2D eigenvalue weighted by molar-refractivity contribution is 0.438. The number of tetrazole rings is 1. The Morgan fingerprint density at radius 2 is 2.20 bits per heavy atom. The summed E-state index contributed by atoms with van der Waals surface area (Å²) in [5.41, 5.74) is 0. The highest BCUT2D eigenvalue weighted by molar-refractivity contribution is 7.91. The lowest BCUT2D eigenvalue weighted by Gasteiger charge is -2.05. The number of rotatable bonds is 4. The Labute approximate surface area is 87.6 Å². The monoisotopic (exact) mass is 229 g/mol. The van der Waals surface area contributed by atoms with Gasteiger partial charge in [0.25, 0.3) is 5.16 Å². The normalized spacial score (nSPS) is 11.6. The molecule has 0 radical (unpaired) electrons. The van der Waals surface area contributed by atoms with Crippen LogP contribution in [0.1, 0.15) is 13.8 Å². The van der Waals surface area contributed by atoms with Crippen LogP contribution in [-0.4, -0.2) is 34.4 Å². The van der Waals surface area contributed by atoms with Crippen molar-refractivity contribution in [3.8, 4) is 6.07 Å². The lowest BCUT2D eigenvalue weighted by Crippen LogP contribution is -2.16. The minimum Gasteiger partial charge on any atom is -0.219 e. The van der Waals surface area contributed by atoms with E-state index in [1.54, 1.807) is 6.07 Å². The molecule has 1 rings (SSSR count). The molecule has 1 aromatic heterocycles. The van der Waals surface area contributed by atoms with Crippen molar-refractivity contribution < 1.29 is 8.42 Å². The molecule has 8 heteroatoms. The van der Waals surface area contributed by atoms with Crippen LogP contribution in [0.15, 0.2) is 5.16 Å². The van der Waals surface area contributed by atoms with Crippen LogP contribution in [0, 0.1) is 17.2 Å². The molecule has 0 bridgehead atoms. The molecule has 15 heavy (non-hydrogen) atoms. The van der Waals surface area contributed by atoms with Gasteiger partial charge in [-0.15, -0.1) is 0 Å². The Kier molecular flexibility index (Phi) is 3.36. The number of aromatic nitrogens is 4. The van der Waals surface area contributed by atoms with Crippen molar-refractivity contribution in [1.82, 2.24) is 20.2 Å². The van der Waals surface area contributed by atoms with Gasteiger partial charge in [-0.2, -0.15) is 5.26 Å². The quantitative estimate of drug-likeness (QED) is 0.697. The van der Waals surface area contributed by atoms with Crippen LogP contribution in [0.3, 0.4) is 0 Å². The maximum atomic E-state index is 11.5. The predicted molar refractivity (Wildman–Crippen MR) is 50.3 cm³/mol. The van der Waals surface area contributed by atoms with Crippen molar-refractivity contribution in [2.45, 2.75) is 25.5 Å². The molecule has 7 nitrogen and oxygen atoms in total. The molecule has 0 aliphatic rings. The van der Waals surface area contributed by atoms with Crippen molar-refractivity contribution in [2.24, 2.45) is 5.92 Å². The van der Waals surface area contributed by atoms with Crippen LogP contribution in [0.2, 0.25) is 0 Å². The fourth-order valence-electron chi connectivity index (χ4n) is 1.03. The number of sulfone groups is 1. The zero-order chi connectivity index (χ0) is 11.5. The summed E-state index contributed by atoms with van der Waals surface area (Å²) >= 11 is 0. The third-order valence-corrected chi connectivity index (χ3v) is 2.93. The van der Waals surface area contributed by atoms with E-state index in [-0.39, 0.29) is 11.1 Å². The van der Waals surface area contributed by atoms with Crippen molar-refractivity contribution in [2.75, 3.05) is 5.75 Å². The molecule has 82 valence electrons. The van der Waals surface area contributed by atoms with Crippen molar-refractivity contribution in [1.29, 1.82) is 5.26 Å². The van der Waals surface area contributed by atoms with E-state index in [4.69, 9.17) is 5.26 Å². The molecule has 0 fully saturated rings. The van der Waals surface area contributed by atoms with Gasteiger partial charge in [-0.25, -0.2) is 13.1 Å². The summed E-state index contributed by atoms with van der Waals surface area (Å²) in [6.45, 7) is 4.25. The second kappa shape index (κ2) is 4.35. The standard InChI is InChI=1S/C7H11N5O2S/c1-6(2)5-12-7(9-10-11-12)15(13,14)4-3-8/h6H,4-5H2,1-2H3. The maximum Gasteiger partial charge on any atom is 0.268 e. The summed E-state index contributed by atoms with van der Waals surface area (Å²) in [4.78, 5) is 0. The summed E-state index contributed by atoms with van der Waals surface area (Å²) in [5, 5.41) is 18.4. The molecule has 0 spiro atoms. The number of hydrogen-bond donors (Lipinski definition) is 0. The van der Waals surface area contributed by atoms with Gasteiger partial charge in [-0.05, 0) is 16.3 Å². The largest absolute Gasteiger partial charge is 0.268 e. The first-order chi connectivity index (χ1) is 6.97. The van der Waals surface area contributed by atoms with Crippen LogP contribution >= 0.6 is 0 Å². The van der Waals surface area contributed by atoms with Gasteiger partial charge in [0.2, 0.25) is 9.84 Å². The lowest BCUT2D eigenvalue weighted by atomic mass is 10.2. The maximum absolute atomic E-state index is 11.5. The van der Waals surface area contributed by atoms with E-state index in [0.717, 1.165) is 0 Å². The molecule has 0 aliphatic carbocycles. The van der Waals surface area contributed by atoms with E-state index in [1.165, 1.54) is 4.68 Å². The summed E-state index contributed by atoms with van der Waals surface area (Å²) < 4.78 is 24.2. The zero-order valence-electron chi connectivity index (χ0n) is 8.45. The zero-order valence-corrected chi connectivity index (χ0v) is 9.27. The first-order valence-corrected chi connectivity index (χ1v) is 5.98. The third kappa shape index (κ3) is 2.73. The van der Waals surface area contributed by atoms with Gasteiger partial charge in [0.15, 0.2) is 0 Å². The van der Waals surface area contributed by atoms with Gasteiger partial charge < -0.3 is 0 Å². The Morgan fingerprint density at radius 3 is 2.73 bits per heavy atom. The van der Waals surface area contributed by atoms with Gasteiger partial charge in [0.05, 0.1) is 6.07 Å². The highest BCUT2D eigenvalue weighted by Gasteiger charge is 2.22. The molecular formula is C7H11N5O2S. The summed E-state index contributed by atoms with van der Waals surface area (Å²) in [6.07, 6.45) is 0. The Hall–Kier alpha value is -1.49. The van der Waals surface area contributed by atoms with Crippen molar-refractivity contribution >= 4 is 9.84 Å². The first-order valence-electron chi connectivity index (χ1n) is 4.33. The second-order valence-electron chi connectivity index (χ2n) is 3.45. The highest BCUT2D eigenvalue weighted by atomic mass is 32.2.